The molecule has 0 bridgehead atoms. The molecule has 8 heteroatoms. The highest BCUT2D eigenvalue weighted by atomic mass is 16.5. The Morgan fingerprint density at radius 1 is 0.652 bits per heavy atom. The quantitative estimate of drug-likeness (QED) is 0.0991. The first kappa shape index (κ1) is 34.5. The Morgan fingerprint density at radius 2 is 1.20 bits per heavy atom. The summed E-state index contributed by atoms with van der Waals surface area (Å²) in [5, 5.41) is 35.8. The van der Waals surface area contributed by atoms with Crippen LogP contribution in [0.15, 0.2) is 60.8 Å². The molecule has 3 aromatic carbocycles. The number of ether oxygens (including phenoxy) is 3. The zero-order valence-corrected chi connectivity index (χ0v) is 27.8. The molecule has 46 heavy (non-hydrogen) atoms. The van der Waals surface area contributed by atoms with E-state index < -0.39 is 6.10 Å². The SMILES string of the molecule is CCCCCCOc1c(CC)ccc(C(Oc2cnnnc2-c2ccccc2)c2ccc(CC)c(OCCCCCC)c2O)c1O. The lowest BCUT2D eigenvalue weighted by molar-refractivity contribution is 0.227. The zero-order chi connectivity index (χ0) is 32.7. The number of phenols is 2. The van der Waals surface area contributed by atoms with E-state index in [0.717, 1.165) is 68.1 Å². The highest BCUT2D eigenvalue weighted by Gasteiger charge is 2.29. The van der Waals surface area contributed by atoms with Crippen molar-refractivity contribution in [2.45, 2.75) is 98.0 Å². The molecule has 0 radical (unpaired) electrons. The van der Waals surface area contributed by atoms with Crippen LogP contribution in [0.3, 0.4) is 0 Å². The molecule has 0 saturated carbocycles. The van der Waals surface area contributed by atoms with Gasteiger partial charge in [-0.05, 0) is 42.0 Å². The van der Waals surface area contributed by atoms with Crippen LogP contribution < -0.4 is 14.2 Å². The lowest BCUT2D eigenvalue weighted by atomic mass is 9.95. The molecule has 0 aliphatic rings. The van der Waals surface area contributed by atoms with Gasteiger partial charge in [0.15, 0.2) is 34.9 Å². The summed E-state index contributed by atoms with van der Waals surface area (Å²) in [6.45, 7) is 9.41. The van der Waals surface area contributed by atoms with Crippen LogP contribution in [0.25, 0.3) is 11.3 Å². The minimum Gasteiger partial charge on any atom is -0.504 e. The van der Waals surface area contributed by atoms with Gasteiger partial charge in [0.25, 0.3) is 0 Å². The van der Waals surface area contributed by atoms with Crippen LogP contribution in [-0.2, 0) is 12.8 Å². The molecule has 0 aliphatic heterocycles. The fraction of sp³-hybridized carbons (Fsp3) is 0.447. The van der Waals surface area contributed by atoms with Gasteiger partial charge in [0.05, 0.1) is 19.4 Å². The number of benzene rings is 3. The third-order valence-corrected chi connectivity index (χ3v) is 8.20. The third-order valence-electron chi connectivity index (χ3n) is 8.20. The van der Waals surface area contributed by atoms with Gasteiger partial charge in [0.1, 0.15) is 5.69 Å². The van der Waals surface area contributed by atoms with E-state index in [-0.39, 0.29) is 11.5 Å². The first-order chi connectivity index (χ1) is 22.5. The van der Waals surface area contributed by atoms with E-state index in [1.165, 1.54) is 6.20 Å². The Kier molecular flexibility index (Phi) is 13.5. The fourth-order valence-corrected chi connectivity index (χ4v) is 5.53. The molecule has 0 saturated heterocycles. The molecular formula is C38H49N3O5. The molecule has 0 unspecified atom stereocenters. The van der Waals surface area contributed by atoms with Gasteiger partial charge < -0.3 is 24.4 Å². The number of aromatic hydroxyl groups is 2. The van der Waals surface area contributed by atoms with E-state index in [1.807, 2.05) is 68.4 Å². The van der Waals surface area contributed by atoms with Crippen molar-refractivity contribution in [2.75, 3.05) is 13.2 Å². The molecule has 2 N–H and O–H groups in total. The summed E-state index contributed by atoms with van der Waals surface area (Å²) < 4.78 is 19.2. The second kappa shape index (κ2) is 18.0. The van der Waals surface area contributed by atoms with E-state index in [1.54, 1.807) is 0 Å². The Morgan fingerprint density at radius 3 is 1.70 bits per heavy atom. The Hall–Kier alpha value is -4.33. The van der Waals surface area contributed by atoms with Gasteiger partial charge in [0.2, 0.25) is 0 Å². The molecule has 246 valence electrons. The van der Waals surface area contributed by atoms with Gasteiger partial charge in [-0.3, -0.25) is 0 Å². The van der Waals surface area contributed by atoms with Crippen LogP contribution >= 0.6 is 0 Å². The molecule has 4 aromatic rings. The highest BCUT2D eigenvalue weighted by molar-refractivity contribution is 5.66. The summed E-state index contributed by atoms with van der Waals surface area (Å²) in [7, 11) is 0. The summed E-state index contributed by atoms with van der Waals surface area (Å²) >= 11 is 0. The standard InChI is InChI=1S/C38H49N3O5/c1-5-9-11-16-24-44-36-27(7-3)20-22-30(34(36)42)38(46-32-26-39-41-40-33(32)29-18-14-13-15-19-29)31-23-21-28(8-4)37(35(31)43)45-25-17-12-10-6-2/h13-15,18-23,26,38,42-43H,5-12,16-17,24-25H2,1-4H3. The first-order valence-corrected chi connectivity index (χ1v) is 16.9. The van der Waals surface area contributed by atoms with Gasteiger partial charge in [-0.15, -0.1) is 10.2 Å². The molecule has 1 heterocycles. The van der Waals surface area contributed by atoms with E-state index in [4.69, 9.17) is 14.2 Å². The Labute approximate surface area is 273 Å². The Bertz CT molecular complexity index is 1440. The zero-order valence-electron chi connectivity index (χ0n) is 27.8. The molecule has 0 aliphatic carbocycles. The fourth-order valence-electron chi connectivity index (χ4n) is 5.53. The van der Waals surface area contributed by atoms with E-state index in [0.29, 0.717) is 60.1 Å². The molecule has 0 fully saturated rings. The summed E-state index contributed by atoms with van der Waals surface area (Å²) in [5.41, 5.74) is 3.99. The van der Waals surface area contributed by atoms with Gasteiger partial charge >= 0.3 is 0 Å². The third kappa shape index (κ3) is 8.68. The van der Waals surface area contributed by atoms with Crippen molar-refractivity contribution in [1.82, 2.24) is 15.4 Å². The number of unbranched alkanes of at least 4 members (excludes halogenated alkanes) is 6. The van der Waals surface area contributed by atoms with Gasteiger partial charge in [-0.2, -0.15) is 0 Å². The number of hydrogen-bond acceptors (Lipinski definition) is 8. The maximum Gasteiger partial charge on any atom is 0.169 e. The minimum atomic E-state index is -0.949. The molecular weight excluding hydrogens is 578 g/mol. The van der Waals surface area contributed by atoms with Crippen LogP contribution in [0.1, 0.15) is 107 Å². The lowest BCUT2D eigenvalue weighted by Crippen LogP contribution is -2.14. The maximum absolute atomic E-state index is 11.8. The Balaban J connectivity index is 1.81. The van der Waals surface area contributed by atoms with Crippen molar-refractivity contribution in [1.29, 1.82) is 0 Å². The van der Waals surface area contributed by atoms with Crippen LogP contribution in [0, 0.1) is 0 Å². The van der Waals surface area contributed by atoms with Gasteiger partial charge in [-0.25, -0.2) is 0 Å². The normalized spacial score (nSPS) is 11.2. The maximum atomic E-state index is 11.8. The van der Waals surface area contributed by atoms with Crippen LogP contribution in [0.5, 0.6) is 28.7 Å². The average Bonchev–Trinajstić information content (AvgIpc) is 3.09. The second-order valence-corrected chi connectivity index (χ2v) is 11.5. The number of nitrogens with zero attached hydrogens (tertiary/aromatic N) is 3. The van der Waals surface area contributed by atoms with Crippen LogP contribution in [0.4, 0.5) is 0 Å². The minimum absolute atomic E-state index is 0.0166. The van der Waals surface area contributed by atoms with Crippen LogP contribution in [0.2, 0.25) is 0 Å². The summed E-state index contributed by atoms with van der Waals surface area (Å²) in [6.07, 6.45) is 10.4. The van der Waals surface area contributed by atoms with Crippen molar-refractivity contribution >= 4 is 0 Å². The highest BCUT2D eigenvalue weighted by Crippen LogP contribution is 2.47. The van der Waals surface area contributed by atoms with Gasteiger partial charge in [-0.1, -0.05) is 121 Å². The second-order valence-electron chi connectivity index (χ2n) is 11.5. The van der Waals surface area contributed by atoms with E-state index in [2.05, 4.69) is 29.3 Å². The number of phenolic OH excluding ortho intramolecular Hbond substituents is 2. The van der Waals surface area contributed by atoms with E-state index in [9.17, 15) is 10.2 Å². The monoisotopic (exact) mass is 627 g/mol. The summed E-state index contributed by atoms with van der Waals surface area (Å²) in [6, 6.07) is 17.2. The lowest BCUT2D eigenvalue weighted by Gasteiger charge is -2.25. The van der Waals surface area contributed by atoms with E-state index >= 15 is 0 Å². The largest absolute Gasteiger partial charge is 0.504 e. The van der Waals surface area contributed by atoms with Crippen molar-refractivity contribution in [2.24, 2.45) is 0 Å². The van der Waals surface area contributed by atoms with Crippen molar-refractivity contribution in [3.05, 3.63) is 83.0 Å². The predicted octanol–water partition coefficient (Wildman–Crippen LogP) is 9.16. The molecule has 0 atom stereocenters. The number of rotatable bonds is 19. The number of hydrogen-bond donors (Lipinski definition) is 2. The first-order valence-electron chi connectivity index (χ1n) is 16.9. The summed E-state index contributed by atoms with van der Waals surface area (Å²) in [4.78, 5) is 0. The molecule has 0 spiro atoms. The molecule has 8 nitrogen and oxygen atoms in total. The number of aryl methyl sites for hydroxylation is 2. The number of aromatic nitrogens is 3. The van der Waals surface area contributed by atoms with Crippen molar-refractivity contribution < 1.29 is 24.4 Å². The smallest absolute Gasteiger partial charge is 0.169 e. The topological polar surface area (TPSA) is 107 Å². The van der Waals surface area contributed by atoms with Crippen molar-refractivity contribution in [3.8, 4) is 40.0 Å². The van der Waals surface area contributed by atoms with Gasteiger partial charge in [0, 0.05) is 16.7 Å². The predicted molar refractivity (Wildman–Crippen MR) is 182 cm³/mol. The molecule has 1 aromatic heterocycles. The summed E-state index contributed by atoms with van der Waals surface area (Å²) in [5.74, 6) is 1.20. The van der Waals surface area contributed by atoms with Crippen LogP contribution in [-0.4, -0.2) is 38.8 Å². The molecule has 0 amide bonds. The average molecular weight is 628 g/mol. The van der Waals surface area contributed by atoms with Crippen molar-refractivity contribution in [3.63, 3.8) is 0 Å². The molecule has 4 rings (SSSR count).